The summed E-state index contributed by atoms with van der Waals surface area (Å²) in [5.41, 5.74) is 7.68. The number of carboxylic acid groups (broad SMARTS) is 2. The fourth-order valence-corrected chi connectivity index (χ4v) is 8.43. The topological polar surface area (TPSA) is 123 Å². The van der Waals surface area contributed by atoms with Crippen LogP contribution in [-0.2, 0) is 20.4 Å². The van der Waals surface area contributed by atoms with Crippen molar-refractivity contribution in [3.63, 3.8) is 0 Å². The average molecular weight is 813 g/mol. The number of aliphatic carboxylic acids is 2. The molecular formula is C44H54ClKN2O8. The molecule has 0 aromatic heterocycles. The molecule has 5 rings (SSSR count). The van der Waals surface area contributed by atoms with Crippen LogP contribution >= 0.6 is 11.6 Å². The third kappa shape index (κ3) is 9.61. The second kappa shape index (κ2) is 19.6. The van der Waals surface area contributed by atoms with Crippen LogP contribution in [0.2, 0.25) is 0 Å². The molecule has 0 amide bonds. The third-order valence-corrected chi connectivity index (χ3v) is 11.6. The number of halogens is 1. The van der Waals surface area contributed by atoms with Gasteiger partial charge in [0.2, 0.25) is 5.69 Å². The Morgan fingerprint density at radius 2 is 1.34 bits per heavy atom. The normalized spacial score (nSPS) is 18.3. The minimum atomic E-state index is -1.04. The number of carbonyl (C=O) groups excluding carboxylic acids is 2. The van der Waals surface area contributed by atoms with E-state index in [1.165, 1.54) is 0 Å². The Kier molecular flexibility index (Phi) is 16.0. The minimum Gasteiger partial charge on any atom is -0.550 e. The van der Waals surface area contributed by atoms with E-state index >= 15 is 0 Å². The fraction of sp³-hybridized carbons (Fsp3) is 0.477. The Morgan fingerprint density at radius 3 is 1.95 bits per heavy atom. The van der Waals surface area contributed by atoms with Crippen LogP contribution in [-0.4, -0.2) is 63.8 Å². The van der Waals surface area contributed by atoms with Gasteiger partial charge in [-0.1, -0.05) is 37.6 Å². The van der Waals surface area contributed by atoms with Crippen molar-refractivity contribution < 1.29 is 94.7 Å². The smallest absolute Gasteiger partial charge is 0.550 e. The summed E-state index contributed by atoms with van der Waals surface area (Å²) in [6.07, 6.45) is 13.6. The van der Waals surface area contributed by atoms with Crippen molar-refractivity contribution in [3.8, 4) is 23.0 Å². The van der Waals surface area contributed by atoms with Crippen LogP contribution in [0, 0.1) is 0 Å². The molecule has 0 radical (unpaired) electrons. The van der Waals surface area contributed by atoms with Crippen LogP contribution < -0.4 is 85.4 Å². The first-order valence-corrected chi connectivity index (χ1v) is 19.4. The third-order valence-electron chi connectivity index (χ3n) is 11.2. The predicted octanol–water partition coefficient (Wildman–Crippen LogP) is 3.78. The SMILES string of the molecule is COc1cc2c(cc1OC)C(C)(C)/C(=C/C=C1\CCCC(/C=C/C3=[N+](CCCCC(=O)[O-])c4cc(OC)c(OC)cc4C3(C)C)=C1Cl)N2CCCCC(=O)[O-].[K+]. The fourth-order valence-electron chi connectivity index (χ4n) is 8.12. The van der Waals surface area contributed by atoms with Gasteiger partial charge in [-0.15, -0.1) is 0 Å². The number of carbonyl (C=O) groups is 2. The molecule has 56 heavy (non-hydrogen) atoms. The number of ether oxygens (including phenoxy) is 4. The number of fused-ring (bicyclic) bond motifs is 2. The molecule has 3 aliphatic rings. The summed E-state index contributed by atoms with van der Waals surface area (Å²) in [6.45, 7) is 10.00. The van der Waals surface area contributed by atoms with Crippen molar-refractivity contribution >= 4 is 40.6 Å². The maximum Gasteiger partial charge on any atom is 1.00 e. The number of unbranched alkanes of at least 4 members (excludes halogenated alkanes) is 2. The molecule has 2 aromatic rings. The van der Waals surface area contributed by atoms with Crippen molar-refractivity contribution in [2.45, 2.75) is 96.3 Å². The molecule has 0 bridgehead atoms. The molecule has 0 spiro atoms. The minimum absolute atomic E-state index is 0. The molecule has 2 aliphatic heterocycles. The van der Waals surface area contributed by atoms with E-state index in [4.69, 9.17) is 30.5 Å². The summed E-state index contributed by atoms with van der Waals surface area (Å²) in [5, 5.41) is 23.1. The Balaban J connectivity index is 0.00000696. The van der Waals surface area contributed by atoms with Crippen molar-refractivity contribution in [2.24, 2.45) is 0 Å². The molecule has 296 valence electrons. The zero-order chi connectivity index (χ0) is 40.1. The quantitative estimate of drug-likeness (QED) is 0.134. The summed E-state index contributed by atoms with van der Waals surface area (Å²) in [5.74, 6) is 0.485. The summed E-state index contributed by atoms with van der Waals surface area (Å²) in [7, 11) is 6.50. The van der Waals surface area contributed by atoms with E-state index in [-0.39, 0.29) is 75.1 Å². The van der Waals surface area contributed by atoms with Gasteiger partial charge in [-0.3, -0.25) is 0 Å². The second-order valence-electron chi connectivity index (χ2n) is 15.3. The van der Waals surface area contributed by atoms with Gasteiger partial charge in [0, 0.05) is 64.4 Å². The zero-order valence-electron chi connectivity index (χ0n) is 34.4. The molecule has 2 heterocycles. The van der Waals surface area contributed by atoms with Gasteiger partial charge < -0.3 is 43.6 Å². The number of anilines is 1. The van der Waals surface area contributed by atoms with Gasteiger partial charge in [0.1, 0.15) is 6.54 Å². The number of allylic oxidation sites excluding steroid dienone is 8. The maximum atomic E-state index is 11.2. The van der Waals surface area contributed by atoms with Crippen LogP contribution in [0.4, 0.5) is 11.4 Å². The van der Waals surface area contributed by atoms with Crippen molar-refractivity contribution in [1.82, 2.24) is 0 Å². The molecule has 0 atom stereocenters. The van der Waals surface area contributed by atoms with Crippen LogP contribution in [0.25, 0.3) is 0 Å². The number of rotatable bonds is 17. The molecule has 12 heteroatoms. The van der Waals surface area contributed by atoms with Gasteiger partial charge >= 0.3 is 51.4 Å². The molecule has 0 saturated heterocycles. The Hall–Kier alpha value is -3.06. The number of carboxylic acids is 2. The van der Waals surface area contributed by atoms with Crippen LogP contribution in [0.3, 0.4) is 0 Å². The first-order chi connectivity index (χ1) is 26.2. The molecule has 0 N–H and O–H groups in total. The summed E-state index contributed by atoms with van der Waals surface area (Å²) >= 11 is 7.24. The number of benzene rings is 2. The average Bonchev–Trinajstić information content (AvgIpc) is 3.49. The van der Waals surface area contributed by atoms with E-state index in [2.05, 4.69) is 61.5 Å². The van der Waals surface area contributed by atoms with E-state index in [1.807, 2.05) is 24.3 Å². The van der Waals surface area contributed by atoms with Crippen molar-refractivity contribution in [3.05, 3.63) is 81.6 Å². The molecule has 1 aliphatic carbocycles. The van der Waals surface area contributed by atoms with E-state index in [9.17, 15) is 19.8 Å². The van der Waals surface area contributed by atoms with Gasteiger partial charge in [-0.05, 0) is 100 Å². The van der Waals surface area contributed by atoms with Gasteiger partial charge in [0.05, 0.1) is 39.9 Å². The molecule has 10 nitrogen and oxygen atoms in total. The molecule has 0 saturated carbocycles. The van der Waals surface area contributed by atoms with Crippen LogP contribution in [0.5, 0.6) is 23.0 Å². The number of hydrogen-bond donors (Lipinski definition) is 0. The first-order valence-electron chi connectivity index (χ1n) is 19.0. The Bertz CT molecular complexity index is 1980. The van der Waals surface area contributed by atoms with Gasteiger partial charge in [-0.25, -0.2) is 0 Å². The van der Waals surface area contributed by atoms with Crippen LogP contribution in [0.1, 0.15) is 96.6 Å². The van der Waals surface area contributed by atoms with E-state index in [0.29, 0.717) is 61.8 Å². The van der Waals surface area contributed by atoms with Crippen LogP contribution in [0.15, 0.2) is 70.4 Å². The summed E-state index contributed by atoms with van der Waals surface area (Å²) < 4.78 is 24.9. The molecule has 0 fully saturated rings. The Labute approximate surface area is 379 Å². The first kappa shape index (κ1) is 45.6. The van der Waals surface area contributed by atoms with E-state index in [0.717, 1.165) is 69.4 Å². The standard InChI is InChI=1S/C44H55ClN2O8.K/c1-43(2)30-24-34(52-5)36(54-7)26-32(30)46(22-11-9-16-40(48)49)38(43)20-18-28-14-13-15-29(42(28)45)19-21-39-44(3,4)31-25-35(53-6)37(55-8)27-33(31)47(39)23-12-10-17-41(50)51;/h18-21,24-27H,9-17,22-23H2,1-8H3,(H-,48,49,50,51);/q;+1/p-1. The number of nitrogens with zero attached hydrogens (tertiary/aromatic N) is 2. The Morgan fingerprint density at radius 1 is 0.768 bits per heavy atom. The molecule has 0 unspecified atom stereocenters. The number of methoxy groups -OCH3 is 4. The van der Waals surface area contributed by atoms with E-state index < -0.39 is 11.9 Å². The van der Waals surface area contributed by atoms with Gasteiger partial charge in [0.25, 0.3) is 0 Å². The largest absolute Gasteiger partial charge is 1.00 e. The predicted molar refractivity (Wildman–Crippen MR) is 212 cm³/mol. The molecular weight excluding hydrogens is 759 g/mol. The van der Waals surface area contributed by atoms with Crippen molar-refractivity contribution in [2.75, 3.05) is 46.4 Å². The monoisotopic (exact) mass is 812 g/mol. The second-order valence-corrected chi connectivity index (χ2v) is 15.7. The maximum absolute atomic E-state index is 11.2. The summed E-state index contributed by atoms with van der Waals surface area (Å²) in [6, 6.07) is 8.06. The molecule has 2 aromatic carbocycles. The van der Waals surface area contributed by atoms with Gasteiger partial charge in [-0.2, -0.15) is 4.58 Å². The number of hydrogen-bond acceptors (Lipinski definition) is 9. The van der Waals surface area contributed by atoms with Gasteiger partial charge in [0.15, 0.2) is 28.7 Å². The van der Waals surface area contributed by atoms with E-state index in [1.54, 1.807) is 28.4 Å². The zero-order valence-corrected chi connectivity index (χ0v) is 38.3. The summed E-state index contributed by atoms with van der Waals surface area (Å²) in [4.78, 5) is 24.6. The van der Waals surface area contributed by atoms with Crippen molar-refractivity contribution in [1.29, 1.82) is 0 Å².